The molecule has 1 unspecified atom stereocenters. The van der Waals surface area contributed by atoms with Crippen LogP contribution < -0.4 is 4.90 Å². The summed E-state index contributed by atoms with van der Waals surface area (Å²) in [5.41, 5.74) is 0.450. The Kier molecular flexibility index (Phi) is 4.03. The molecule has 1 fully saturated rings. The number of carbonyl (C=O) groups excluding carboxylic acids is 1. The van der Waals surface area contributed by atoms with E-state index >= 15 is 0 Å². The van der Waals surface area contributed by atoms with E-state index in [1.54, 1.807) is 0 Å². The second-order valence-corrected chi connectivity index (χ2v) is 7.61. The number of hydrogen-bond donors (Lipinski definition) is 0. The van der Waals surface area contributed by atoms with Crippen molar-refractivity contribution in [2.45, 2.75) is 6.42 Å². The number of nitrogens with zero attached hydrogens (tertiary/aromatic N) is 1. The van der Waals surface area contributed by atoms with E-state index in [4.69, 9.17) is 22.3 Å². The van der Waals surface area contributed by atoms with Crippen molar-refractivity contribution in [3.63, 3.8) is 0 Å². The van der Waals surface area contributed by atoms with Crippen LogP contribution in [0.1, 0.15) is 6.42 Å². The van der Waals surface area contributed by atoms with Crippen molar-refractivity contribution in [1.29, 1.82) is 0 Å². The minimum atomic E-state index is -3.64. The van der Waals surface area contributed by atoms with Gasteiger partial charge in [0, 0.05) is 35.3 Å². The van der Waals surface area contributed by atoms with Crippen molar-refractivity contribution in [3.8, 4) is 0 Å². The van der Waals surface area contributed by atoms with Crippen LogP contribution in [-0.2, 0) is 13.8 Å². The van der Waals surface area contributed by atoms with Crippen LogP contribution in [0.25, 0.3) is 0 Å². The third-order valence-electron chi connectivity index (χ3n) is 2.85. The number of benzene rings is 1. The van der Waals surface area contributed by atoms with Crippen molar-refractivity contribution in [2.75, 3.05) is 17.2 Å². The largest absolute Gasteiger partial charge is 0.312 e. The predicted octanol–water partition coefficient (Wildman–Crippen LogP) is 2.40. The Balaban J connectivity index is 2.18. The quantitative estimate of drug-likeness (QED) is 0.802. The van der Waals surface area contributed by atoms with Crippen LogP contribution in [0.2, 0.25) is 5.02 Å². The zero-order valence-electron chi connectivity index (χ0n) is 9.64. The Labute approximate surface area is 119 Å². The SMILES string of the molecule is O=C1CC(CS(=O)(=O)Cl)CN1c1ccc(F)c(Cl)c1. The van der Waals surface area contributed by atoms with Gasteiger partial charge in [-0.15, -0.1) is 0 Å². The van der Waals surface area contributed by atoms with Gasteiger partial charge in [0.2, 0.25) is 15.0 Å². The highest BCUT2D eigenvalue weighted by molar-refractivity contribution is 8.13. The molecule has 0 N–H and O–H groups in total. The smallest absolute Gasteiger partial charge is 0.232 e. The molecule has 19 heavy (non-hydrogen) atoms. The zero-order chi connectivity index (χ0) is 14.2. The van der Waals surface area contributed by atoms with Gasteiger partial charge in [-0.1, -0.05) is 11.6 Å². The molecule has 1 aliphatic heterocycles. The maximum Gasteiger partial charge on any atom is 0.232 e. The van der Waals surface area contributed by atoms with Gasteiger partial charge >= 0.3 is 0 Å². The van der Waals surface area contributed by atoms with Gasteiger partial charge in [0.15, 0.2) is 0 Å². The molecular weight excluding hydrogens is 316 g/mol. The van der Waals surface area contributed by atoms with Crippen LogP contribution in [0.5, 0.6) is 0 Å². The van der Waals surface area contributed by atoms with Crippen molar-refractivity contribution in [1.82, 2.24) is 0 Å². The van der Waals surface area contributed by atoms with Gasteiger partial charge in [0.1, 0.15) is 5.82 Å². The lowest BCUT2D eigenvalue weighted by Crippen LogP contribution is -2.25. The van der Waals surface area contributed by atoms with Crippen molar-refractivity contribution in [3.05, 3.63) is 29.0 Å². The maximum absolute atomic E-state index is 13.0. The molecule has 0 aliphatic carbocycles. The van der Waals surface area contributed by atoms with Gasteiger partial charge in [-0.3, -0.25) is 4.79 Å². The molecule has 4 nitrogen and oxygen atoms in total. The zero-order valence-corrected chi connectivity index (χ0v) is 12.0. The maximum atomic E-state index is 13.0. The summed E-state index contributed by atoms with van der Waals surface area (Å²) >= 11 is 5.65. The van der Waals surface area contributed by atoms with E-state index in [1.807, 2.05) is 0 Å². The van der Waals surface area contributed by atoms with E-state index in [0.717, 1.165) is 6.07 Å². The van der Waals surface area contributed by atoms with Gasteiger partial charge in [-0.25, -0.2) is 12.8 Å². The van der Waals surface area contributed by atoms with Crippen molar-refractivity contribution < 1.29 is 17.6 Å². The molecule has 1 saturated heterocycles. The molecule has 1 atom stereocenters. The first-order valence-electron chi connectivity index (χ1n) is 5.44. The molecule has 1 aliphatic rings. The molecule has 104 valence electrons. The van der Waals surface area contributed by atoms with E-state index in [1.165, 1.54) is 17.0 Å². The minimum absolute atomic E-state index is 0.0845. The third kappa shape index (κ3) is 3.58. The van der Waals surface area contributed by atoms with Gasteiger partial charge in [-0.2, -0.15) is 0 Å². The average molecular weight is 326 g/mol. The lowest BCUT2D eigenvalue weighted by Gasteiger charge is -2.16. The number of anilines is 1. The number of hydrogen-bond acceptors (Lipinski definition) is 3. The van der Waals surface area contributed by atoms with Crippen LogP contribution in [0.15, 0.2) is 18.2 Å². The van der Waals surface area contributed by atoms with Crippen LogP contribution >= 0.6 is 22.3 Å². The molecule has 0 radical (unpaired) electrons. The molecular formula is C11H10Cl2FNO3S. The second-order valence-electron chi connectivity index (χ2n) is 4.38. The van der Waals surface area contributed by atoms with E-state index in [0.29, 0.717) is 5.69 Å². The topological polar surface area (TPSA) is 54.5 Å². The fraction of sp³-hybridized carbons (Fsp3) is 0.364. The van der Waals surface area contributed by atoms with E-state index in [9.17, 15) is 17.6 Å². The molecule has 1 amide bonds. The van der Waals surface area contributed by atoms with Gasteiger partial charge < -0.3 is 4.90 Å². The van der Waals surface area contributed by atoms with Gasteiger partial charge in [0.05, 0.1) is 10.8 Å². The Morgan fingerprint density at radius 2 is 2.11 bits per heavy atom. The predicted molar refractivity (Wildman–Crippen MR) is 71.5 cm³/mol. The van der Waals surface area contributed by atoms with Gasteiger partial charge in [-0.05, 0) is 18.2 Å². The second kappa shape index (κ2) is 5.26. The van der Waals surface area contributed by atoms with Gasteiger partial charge in [0.25, 0.3) is 0 Å². The molecule has 0 saturated carbocycles. The standard InChI is InChI=1S/C11H10Cl2FNO3S/c12-9-4-8(1-2-10(9)14)15-5-7(3-11(15)16)6-19(13,17)18/h1-2,4,7H,3,5-6H2. The van der Waals surface area contributed by atoms with Crippen molar-refractivity contribution in [2.24, 2.45) is 5.92 Å². The Bertz CT molecular complexity index is 620. The summed E-state index contributed by atoms with van der Waals surface area (Å²) in [4.78, 5) is 13.2. The van der Waals surface area contributed by atoms with Crippen LogP contribution in [0.3, 0.4) is 0 Å². The lowest BCUT2D eigenvalue weighted by molar-refractivity contribution is -0.117. The summed E-state index contributed by atoms with van der Waals surface area (Å²) in [6.07, 6.45) is 0.0982. The van der Waals surface area contributed by atoms with E-state index < -0.39 is 14.9 Å². The van der Waals surface area contributed by atoms with Crippen LogP contribution in [0.4, 0.5) is 10.1 Å². The monoisotopic (exact) mass is 325 g/mol. The number of rotatable bonds is 3. The Hall–Kier alpha value is -0.850. The summed E-state index contributed by atoms with van der Waals surface area (Å²) < 4.78 is 35.1. The molecule has 1 aromatic rings. The summed E-state index contributed by atoms with van der Waals surface area (Å²) in [7, 11) is 1.53. The summed E-state index contributed by atoms with van der Waals surface area (Å²) in [5.74, 6) is -1.42. The lowest BCUT2D eigenvalue weighted by atomic mass is 10.1. The minimum Gasteiger partial charge on any atom is -0.312 e. The molecule has 2 rings (SSSR count). The molecule has 0 spiro atoms. The highest BCUT2D eigenvalue weighted by Gasteiger charge is 2.33. The Morgan fingerprint density at radius 3 is 2.68 bits per heavy atom. The molecule has 0 bridgehead atoms. The third-order valence-corrected chi connectivity index (χ3v) is 4.39. The number of carbonyl (C=O) groups is 1. The van der Waals surface area contributed by atoms with E-state index in [-0.39, 0.29) is 35.6 Å². The summed E-state index contributed by atoms with van der Waals surface area (Å²) in [6.45, 7) is 0.229. The van der Waals surface area contributed by atoms with Crippen LogP contribution in [-0.4, -0.2) is 26.6 Å². The summed E-state index contributed by atoms with van der Waals surface area (Å²) in [6, 6.07) is 3.93. The highest BCUT2D eigenvalue weighted by atomic mass is 35.7. The fourth-order valence-electron chi connectivity index (χ4n) is 2.08. The summed E-state index contributed by atoms with van der Waals surface area (Å²) in [5, 5.41) is -0.0845. The molecule has 1 aromatic carbocycles. The van der Waals surface area contributed by atoms with E-state index in [2.05, 4.69) is 0 Å². The fourth-order valence-corrected chi connectivity index (χ4v) is 3.57. The molecule has 0 aromatic heterocycles. The Morgan fingerprint density at radius 1 is 1.42 bits per heavy atom. The molecule has 1 heterocycles. The first-order chi connectivity index (χ1) is 8.76. The van der Waals surface area contributed by atoms with Crippen molar-refractivity contribution >= 4 is 42.9 Å². The molecule has 8 heteroatoms. The first kappa shape index (κ1) is 14.6. The number of halogens is 3. The average Bonchev–Trinajstić information content (AvgIpc) is 2.61. The highest BCUT2D eigenvalue weighted by Crippen LogP contribution is 2.29. The first-order valence-corrected chi connectivity index (χ1v) is 8.29. The number of amides is 1. The van der Waals surface area contributed by atoms with Crippen LogP contribution in [0, 0.1) is 11.7 Å². The normalized spacial score (nSPS) is 20.1.